The number of hydrogen-bond acceptors (Lipinski definition) is 4. The molecule has 2 aromatic carbocycles. The van der Waals surface area contributed by atoms with Crippen LogP contribution in [0.25, 0.3) is 22.8 Å². The molecule has 4 heterocycles. The summed E-state index contributed by atoms with van der Waals surface area (Å²) in [7, 11) is 0. The van der Waals surface area contributed by atoms with E-state index < -0.39 is 0 Å². The molecule has 3 aromatic rings. The summed E-state index contributed by atoms with van der Waals surface area (Å²) in [5.41, 5.74) is 4.57. The third kappa shape index (κ3) is 4.44. The number of aromatic nitrogens is 1. The molecular formula is C30H31FN4O3. The van der Waals surface area contributed by atoms with Crippen molar-refractivity contribution in [3.8, 4) is 11.1 Å². The van der Waals surface area contributed by atoms with Crippen molar-refractivity contribution in [3.05, 3.63) is 76.9 Å². The van der Waals surface area contributed by atoms with Crippen LogP contribution in [-0.2, 0) is 4.79 Å². The molecule has 0 radical (unpaired) electrons. The molecular weight excluding hydrogens is 483 g/mol. The van der Waals surface area contributed by atoms with Gasteiger partial charge in [-0.2, -0.15) is 0 Å². The summed E-state index contributed by atoms with van der Waals surface area (Å²) < 4.78 is 14.7. The van der Waals surface area contributed by atoms with Gasteiger partial charge >= 0.3 is 0 Å². The average molecular weight is 515 g/mol. The maximum atomic E-state index is 14.7. The first-order chi connectivity index (χ1) is 18.4. The van der Waals surface area contributed by atoms with Crippen LogP contribution in [0.4, 0.5) is 10.1 Å². The third-order valence-corrected chi connectivity index (χ3v) is 7.85. The molecule has 3 N–H and O–H groups in total. The SMILES string of the molecule is Cc1cc(C(=O)N2CCC[C@H]2CN2CC[C@@H](O)C2)c(C=C2C(=O)Nc3cccc(-c4ccccc4F)c32)[nH]1. The van der Waals surface area contributed by atoms with Gasteiger partial charge in [0.05, 0.1) is 22.9 Å². The molecule has 2 amide bonds. The van der Waals surface area contributed by atoms with E-state index in [1.54, 1.807) is 36.4 Å². The number of carbonyl (C=O) groups excluding carboxylic acids is 2. The molecule has 8 heteroatoms. The van der Waals surface area contributed by atoms with E-state index in [0.29, 0.717) is 52.3 Å². The molecule has 1 aromatic heterocycles. The van der Waals surface area contributed by atoms with Gasteiger partial charge < -0.3 is 20.3 Å². The lowest BCUT2D eigenvalue weighted by Crippen LogP contribution is -2.43. The van der Waals surface area contributed by atoms with Gasteiger partial charge in [0.15, 0.2) is 0 Å². The molecule has 38 heavy (non-hydrogen) atoms. The molecule has 196 valence electrons. The molecule has 0 aliphatic carbocycles. The number of fused-ring (bicyclic) bond motifs is 1. The highest BCUT2D eigenvalue weighted by atomic mass is 19.1. The van der Waals surface area contributed by atoms with Gasteiger partial charge in [-0.25, -0.2) is 4.39 Å². The molecule has 3 aliphatic rings. The van der Waals surface area contributed by atoms with Crippen LogP contribution in [0.5, 0.6) is 0 Å². The minimum Gasteiger partial charge on any atom is -0.392 e. The van der Waals surface area contributed by atoms with Gasteiger partial charge in [0.25, 0.3) is 11.8 Å². The molecule has 2 fully saturated rings. The second-order valence-corrected chi connectivity index (χ2v) is 10.5. The zero-order chi connectivity index (χ0) is 26.4. The van der Waals surface area contributed by atoms with Crippen molar-refractivity contribution in [2.75, 3.05) is 31.5 Å². The lowest BCUT2D eigenvalue weighted by atomic mass is 9.94. The monoisotopic (exact) mass is 514 g/mol. The number of hydrogen-bond donors (Lipinski definition) is 3. The largest absolute Gasteiger partial charge is 0.392 e. The summed E-state index contributed by atoms with van der Waals surface area (Å²) in [6, 6.07) is 13.8. The molecule has 0 bridgehead atoms. The van der Waals surface area contributed by atoms with Crippen LogP contribution in [0.3, 0.4) is 0 Å². The number of aromatic amines is 1. The molecule has 0 spiro atoms. The van der Waals surface area contributed by atoms with E-state index in [1.165, 1.54) is 6.07 Å². The Morgan fingerprint density at radius 1 is 1.13 bits per heavy atom. The molecule has 3 aliphatic heterocycles. The van der Waals surface area contributed by atoms with Crippen molar-refractivity contribution in [2.24, 2.45) is 0 Å². The van der Waals surface area contributed by atoms with E-state index in [2.05, 4.69) is 15.2 Å². The topological polar surface area (TPSA) is 88.7 Å². The van der Waals surface area contributed by atoms with Gasteiger partial charge in [0, 0.05) is 54.7 Å². The summed E-state index contributed by atoms with van der Waals surface area (Å²) in [6.07, 6.45) is 4.07. The average Bonchev–Trinajstić information content (AvgIpc) is 3.67. The number of carbonyl (C=O) groups is 2. The molecule has 2 atom stereocenters. The number of amides is 2. The van der Waals surface area contributed by atoms with Crippen molar-refractivity contribution in [1.82, 2.24) is 14.8 Å². The zero-order valence-corrected chi connectivity index (χ0v) is 21.3. The summed E-state index contributed by atoms with van der Waals surface area (Å²) in [5, 5.41) is 12.8. The summed E-state index contributed by atoms with van der Waals surface area (Å²) in [5.74, 6) is -0.720. The van der Waals surface area contributed by atoms with Crippen molar-refractivity contribution < 1.29 is 19.1 Å². The number of benzene rings is 2. The van der Waals surface area contributed by atoms with Gasteiger partial charge in [0.1, 0.15) is 5.82 Å². The minimum absolute atomic E-state index is 0.0653. The molecule has 2 saturated heterocycles. The number of halogens is 1. The molecule has 0 saturated carbocycles. The number of anilines is 1. The fourth-order valence-corrected chi connectivity index (χ4v) is 6.06. The van der Waals surface area contributed by atoms with Crippen LogP contribution >= 0.6 is 0 Å². The van der Waals surface area contributed by atoms with Gasteiger partial charge in [-0.15, -0.1) is 0 Å². The Hall–Kier alpha value is -3.75. The van der Waals surface area contributed by atoms with E-state index in [0.717, 1.165) is 38.0 Å². The summed E-state index contributed by atoms with van der Waals surface area (Å²) >= 11 is 0. The van der Waals surface area contributed by atoms with Crippen molar-refractivity contribution in [1.29, 1.82) is 0 Å². The molecule has 0 unspecified atom stereocenters. The smallest absolute Gasteiger partial charge is 0.256 e. The number of aliphatic hydroxyl groups is 1. The first-order valence-electron chi connectivity index (χ1n) is 13.2. The highest BCUT2D eigenvalue weighted by Gasteiger charge is 2.34. The van der Waals surface area contributed by atoms with Gasteiger partial charge in [-0.1, -0.05) is 30.3 Å². The van der Waals surface area contributed by atoms with E-state index in [9.17, 15) is 19.1 Å². The number of rotatable bonds is 5. The Morgan fingerprint density at radius 2 is 1.95 bits per heavy atom. The number of likely N-dealkylation sites (tertiary alicyclic amines) is 2. The van der Waals surface area contributed by atoms with Crippen molar-refractivity contribution in [2.45, 2.75) is 38.3 Å². The summed E-state index contributed by atoms with van der Waals surface area (Å²) in [6.45, 7) is 4.82. The Kier molecular flexibility index (Phi) is 6.37. The maximum absolute atomic E-state index is 14.7. The van der Waals surface area contributed by atoms with Crippen LogP contribution < -0.4 is 5.32 Å². The summed E-state index contributed by atoms with van der Waals surface area (Å²) in [4.78, 5) is 34.4. The van der Waals surface area contributed by atoms with Crippen molar-refractivity contribution in [3.63, 3.8) is 0 Å². The first-order valence-corrected chi connectivity index (χ1v) is 13.2. The molecule has 7 nitrogen and oxygen atoms in total. The lowest BCUT2D eigenvalue weighted by molar-refractivity contribution is -0.110. The lowest BCUT2D eigenvalue weighted by Gasteiger charge is -2.28. The van der Waals surface area contributed by atoms with Gasteiger partial charge in [0.2, 0.25) is 0 Å². The van der Waals surface area contributed by atoms with Crippen LogP contribution in [0, 0.1) is 12.7 Å². The van der Waals surface area contributed by atoms with Crippen LogP contribution in [0.15, 0.2) is 48.5 Å². The second kappa shape index (κ2) is 9.85. The standard InChI is InChI=1S/C30H31FN4O3/c1-18-14-23(30(38)35-12-5-6-19(35)16-34-13-11-20(36)17-34)27(32-18)15-24-28-22(21-7-2-3-9-25(21)31)8-4-10-26(28)33-29(24)37/h2-4,7-10,14-15,19-20,32,36H,5-6,11-13,16-17H2,1H3,(H,33,37)/t19-,20+/m0/s1. The number of aryl methyl sites for hydroxylation is 1. The Labute approximate surface area is 221 Å². The minimum atomic E-state index is -0.364. The normalized spacial score (nSPS) is 22.3. The van der Waals surface area contributed by atoms with E-state index in [4.69, 9.17) is 0 Å². The Bertz CT molecular complexity index is 1440. The number of β-amino-alcohol motifs (C(OH)–C–C–N with tert-alkyl or cyclic N) is 1. The van der Waals surface area contributed by atoms with E-state index in [-0.39, 0.29) is 29.8 Å². The number of nitrogens with zero attached hydrogens (tertiary/aromatic N) is 2. The molecule has 6 rings (SSSR count). The zero-order valence-electron chi connectivity index (χ0n) is 21.3. The Morgan fingerprint density at radius 3 is 2.74 bits per heavy atom. The Balaban J connectivity index is 1.35. The number of aliphatic hydroxyl groups excluding tert-OH is 1. The van der Waals surface area contributed by atoms with Crippen LogP contribution in [0.2, 0.25) is 0 Å². The first kappa shape index (κ1) is 24.6. The predicted octanol–water partition coefficient (Wildman–Crippen LogP) is 4.29. The van der Waals surface area contributed by atoms with Gasteiger partial charge in [-0.3, -0.25) is 14.5 Å². The fraction of sp³-hybridized carbons (Fsp3) is 0.333. The maximum Gasteiger partial charge on any atom is 0.256 e. The number of H-pyrrole nitrogens is 1. The fourth-order valence-electron chi connectivity index (χ4n) is 6.06. The van der Waals surface area contributed by atoms with E-state index in [1.807, 2.05) is 24.0 Å². The highest BCUT2D eigenvalue weighted by molar-refractivity contribution is 6.36. The van der Waals surface area contributed by atoms with E-state index >= 15 is 0 Å². The second-order valence-electron chi connectivity index (χ2n) is 10.5. The van der Waals surface area contributed by atoms with Gasteiger partial charge in [-0.05, 0) is 56.0 Å². The van der Waals surface area contributed by atoms with Crippen molar-refractivity contribution >= 4 is 29.2 Å². The quantitative estimate of drug-likeness (QED) is 0.443. The predicted molar refractivity (Wildman–Crippen MR) is 145 cm³/mol. The van der Waals surface area contributed by atoms with Crippen LogP contribution in [0.1, 0.15) is 46.6 Å². The highest BCUT2D eigenvalue weighted by Crippen LogP contribution is 2.41. The van der Waals surface area contributed by atoms with Crippen LogP contribution in [-0.4, -0.2) is 70.0 Å². The third-order valence-electron chi connectivity index (χ3n) is 7.85. The number of nitrogens with one attached hydrogen (secondary N) is 2.